The molecule has 7 nitrogen and oxygen atoms in total. The van der Waals surface area contributed by atoms with Gasteiger partial charge < -0.3 is 15.4 Å². The van der Waals surface area contributed by atoms with Crippen molar-refractivity contribution in [2.45, 2.75) is 17.6 Å². The number of carbonyl (C=O) groups is 1. The topological polar surface area (TPSA) is 125 Å². The van der Waals surface area contributed by atoms with E-state index in [1.54, 1.807) is 18.3 Å². The van der Waals surface area contributed by atoms with Crippen molar-refractivity contribution in [3.63, 3.8) is 0 Å². The number of alkyl halides is 3. The van der Waals surface area contributed by atoms with Gasteiger partial charge in [-0.05, 0) is 24.3 Å². The summed E-state index contributed by atoms with van der Waals surface area (Å²) in [6.07, 6.45) is -3.44. The number of hydrogen-bond acceptors (Lipinski definition) is 4. The molecule has 1 heterocycles. The molecule has 0 radical (unpaired) electrons. The molecule has 0 amide bonds. The van der Waals surface area contributed by atoms with E-state index in [4.69, 9.17) is 10.2 Å². The molecule has 1 aromatic heterocycles. The largest absolute Gasteiger partial charge is 0.478 e. The van der Waals surface area contributed by atoms with E-state index < -0.39 is 38.2 Å². The van der Waals surface area contributed by atoms with E-state index in [2.05, 4.69) is 10.3 Å². The molecule has 0 unspecified atom stereocenters. The van der Waals surface area contributed by atoms with Crippen LogP contribution in [-0.2, 0) is 22.7 Å². The molecule has 0 saturated heterocycles. The smallest absolute Gasteiger partial charge is 0.417 e. The minimum atomic E-state index is -5.03. The van der Waals surface area contributed by atoms with Gasteiger partial charge in [-0.2, -0.15) is 13.2 Å². The Balaban J connectivity index is 2.58. The summed E-state index contributed by atoms with van der Waals surface area (Å²) in [5.74, 6) is -1.59. The van der Waals surface area contributed by atoms with Crippen molar-refractivity contribution in [1.82, 2.24) is 4.98 Å². The number of hydrogen-bond donors (Lipinski definition) is 4. The van der Waals surface area contributed by atoms with Crippen LogP contribution in [0.3, 0.4) is 0 Å². The third-order valence-corrected chi connectivity index (χ3v) is 4.04. The average molecular weight is 363 g/mol. The van der Waals surface area contributed by atoms with Gasteiger partial charge in [-0.15, -0.1) is 0 Å². The van der Waals surface area contributed by atoms with E-state index >= 15 is 0 Å². The fraction of sp³-hybridized carbons (Fsp3) is 0.154. The van der Waals surface area contributed by atoms with Crippen molar-refractivity contribution in [3.8, 4) is 0 Å². The Bertz CT molecular complexity index is 861. The second-order valence-electron chi connectivity index (χ2n) is 4.79. The lowest BCUT2D eigenvalue weighted by Crippen LogP contribution is -2.21. The number of carboxylic acid groups (broad SMARTS) is 1. The third kappa shape index (κ3) is 3.86. The maximum absolute atomic E-state index is 13.1. The number of halogens is 3. The second-order valence-corrected chi connectivity index (χ2v) is 6.32. The van der Waals surface area contributed by atoms with E-state index in [1.165, 1.54) is 0 Å². The molecule has 0 bridgehead atoms. The zero-order valence-electron chi connectivity index (χ0n) is 11.9. The molecule has 0 atom stereocenters. The van der Waals surface area contributed by atoms with Gasteiger partial charge in [0, 0.05) is 17.6 Å². The van der Waals surface area contributed by atoms with Crippen molar-refractivity contribution in [1.29, 1.82) is 0 Å². The maximum atomic E-state index is 13.1. The number of aromatic nitrogens is 1. The van der Waals surface area contributed by atoms with E-state index in [-0.39, 0.29) is 12.2 Å². The lowest BCUT2D eigenvalue weighted by atomic mass is 10.1. The number of nitrogens with two attached hydrogens (primary N) is 1. The standard InChI is InChI=1S/C13H12F3N3O4S/c14-13(15,16)9-5-10(19-6-7-2-1-3-18-7)8(12(20)21)4-11(9)24(17,22)23/h1-5,18-19H,6H2,(H,20,21)(H2,17,22,23). The highest BCUT2D eigenvalue weighted by Crippen LogP contribution is 2.37. The van der Waals surface area contributed by atoms with Crippen LogP contribution in [0, 0.1) is 0 Å². The number of rotatable bonds is 5. The van der Waals surface area contributed by atoms with Gasteiger partial charge in [0.15, 0.2) is 0 Å². The Hall–Kier alpha value is -2.53. The molecule has 0 fully saturated rings. The molecule has 5 N–H and O–H groups in total. The molecule has 2 rings (SSSR count). The number of aromatic carboxylic acids is 1. The predicted molar refractivity (Wildman–Crippen MR) is 77.9 cm³/mol. The molecule has 11 heteroatoms. The average Bonchev–Trinajstić information content (AvgIpc) is 2.95. The number of anilines is 1. The molecular formula is C13H12F3N3O4S. The third-order valence-electron chi connectivity index (χ3n) is 3.09. The Morgan fingerprint density at radius 2 is 2.00 bits per heavy atom. The summed E-state index contributed by atoms with van der Waals surface area (Å²) in [6.45, 7) is 0.0132. The summed E-state index contributed by atoms with van der Waals surface area (Å²) < 4.78 is 62.1. The normalized spacial score (nSPS) is 12.2. The van der Waals surface area contributed by atoms with Gasteiger partial charge in [0.1, 0.15) is 0 Å². The van der Waals surface area contributed by atoms with Gasteiger partial charge in [-0.1, -0.05) is 0 Å². The van der Waals surface area contributed by atoms with Gasteiger partial charge in [-0.3, -0.25) is 0 Å². The van der Waals surface area contributed by atoms with Gasteiger partial charge in [0.2, 0.25) is 10.0 Å². The Morgan fingerprint density at radius 3 is 2.46 bits per heavy atom. The first-order valence-electron chi connectivity index (χ1n) is 6.37. The summed E-state index contributed by atoms with van der Waals surface area (Å²) in [5.41, 5.74) is -1.96. The van der Waals surface area contributed by atoms with Crippen molar-refractivity contribution < 1.29 is 31.5 Å². The minimum Gasteiger partial charge on any atom is -0.478 e. The Labute approximate surface area is 134 Å². The van der Waals surface area contributed by atoms with Crippen LogP contribution in [0.15, 0.2) is 35.4 Å². The first kappa shape index (κ1) is 17.8. The molecule has 0 spiro atoms. The minimum absolute atomic E-state index is 0.0132. The number of nitrogens with one attached hydrogen (secondary N) is 2. The molecule has 0 saturated carbocycles. The van der Waals surface area contributed by atoms with Crippen molar-refractivity contribution in [2.24, 2.45) is 5.14 Å². The molecule has 0 aliphatic heterocycles. The second kappa shape index (κ2) is 6.17. The predicted octanol–water partition coefficient (Wildman–Crippen LogP) is 1.99. The lowest BCUT2D eigenvalue weighted by molar-refractivity contribution is -0.139. The Kier molecular flexibility index (Phi) is 4.58. The zero-order chi connectivity index (χ0) is 18.1. The number of benzene rings is 1. The summed E-state index contributed by atoms with van der Waals surface area (Å²) in [6, 6.07) is 4.11. The highest BCUT2D eigenvalue weighted by Gasteiger charge is 2.38. The first-order valence-corrected chi connectivity index (χ1v) is 7.92. The lowest BCUT2D eigenvalue weighted by Gasteiger charge is -2.16. The quantitative estimate of drug-likeness (QED) is 0.646. The van der Waals surface area contributed by atoms with Crippen molar-refractivity contribution in [2.75, 3.05) is 5.32 Å². The van der Waals surface area contributed by atoms with Crippen LogP contribution in [0.25, 0.3) is 0 Å². The number of sulfonamides is 1. The molecule has 1 aromatic carbocycles. The monoisotopic (exact) mass is 363 g/mol. The van der Waals surface area contributed by atoms with Crippen LogP contribution in [0.1, 0.15) is 21.6 Å². The van der Waals surface area contributed by atoms with Crippen LogP contribution in [0.4, 0.5) is 18.9 Å². The van der Waals surface area contributed by atoms with Crippen LogP contribution >= 0.6 is 0 Å². The van der Waals surface area contributed by atoms with Crippen LogP contribution < -0.4 is 10.5 Å². The van der Waals surface area contributed by atoms with E-state index in [0.29, 0.717) is 17.8 Å². The van der Waals surface area contributed by atoms with Gasteiger partial charge in [0.25, 0.3) is 0 Å². The summed E-state index contributed by atoms with van der Waals surface area (Å²) in [7, 11) is -4.76. The van der Waals surface area contributed by atoms with Crippen molar-refractivity contribution >= 4 is 21.7 Å². The van der Waals surface area contributed by atoms with Crippen LogP contribution in [0.5, 0.6) is 0 Å². The molecular weight excluding hydrogens is 351 g/mol. The summed E-state index contributed by atoms with van der Waals surface area (Å²) in [4.78, 5) is 12.8. The highest BCUT2D eigenvalue weighted by atomic mass is 32.2. The number of H-pyrrole nitrogens is 1. The zero-order valence-corrected chi connectivity index (χ0v) is 12.7. The highest BCUT2D eigenvalue weighted by molar-refractivity contribution is 7.89. The van der Waals surface area contributed by atoms with E-state index in [0.717, 1.165) is 0 Å². The van der Waals surface area contributed by atoms with Crippen molar-refractivity contribution in [3.05, 3.63) is 47.3 Å². The molecule has 0 aliphatic rings. The van der Waals surface area contributed by atoms with Gasteiger partial charge >= 0.3 is 12.1 Å². The van der Waals surface area contributed by atoms with Gasteiger partial charge in [0.05, 0.1) is 22.6 Å². The molecule has 2 aromatic rings. The fourth-order valence-electron chi connectivity index (χ4n) is 2.03. The fourth-order valence-corrected chi connectivity index (χ4v) is 2.79. The Morgan fingerprint density at radius 1 is 1.33 bits per heavy atom. The van der Waals surface area contributed by atoms with E-state index in [9.17, 15) is 26.4 Å². The van der Waals surface area contributed by atoms with Gasteiger partial charge in [-0.25, -0.2) is 18.4 Å². The molecule has 24 heavy (non-hydrogen) atoms. The van der Waals surface area contributed by atoms with E-state index in [1.807, 2.05) is 0 Å². The molecule has 0 aliphatic carbocycles. The number of carboxylic acids is 1. The SMILES string of the molecule is NS(=O)(=O)c1cc(C(=O)O)c(NCc2ccc[nH]2)cc1C(F)(F)F. The molecule has 130 valence electrons. The summed E-state index contributed by atoms with van der Waals surface area (Å²) >= 11 is 0. The first-order chi connectivity index (χ1) is 11.0. The maximum Gasteiger partial charge on any atom is 0.417 e. The van der Waals surface area contributed by atoms with Crippen LogP contribution in [-0.4, -0.2) is 24.5 Å². The van der Waals surface area contributed by atoms with Crippen LogP contribution in [0.2, 0.25) is 0 Å². The summed E-state index contributed by atoms with van der Waals surface area (Å²) in [5, 5.41) is 16.5. The number of aromatic amines is 1. The number of primary sulfonamides is 1.